The van der Waals surface area contributed by atoms with E-state index in [9.17, 15) is 0 Å². The largest absolute Gasteiger partial charge is 0.361 e. The molecule has 64 valence electrons. The molecule has 1 atom stereocenters. The van der Waals surface area contributed by atoms with Crippen LogP contribution in [0.1, 0.15) is 48.2 Å². The molecule has 3 heteroatoms. The van der Waals surface area contributed by atoms with Crippen molar-refractivity contribution in [1.82, 2.24) is 5.16 Å². The van der Waals surface area contributed by atoms with Crippen molar-refractivity contribution in [3.8, 4) is 0 Å². The van der Waals surface area contributed by atoms with E-state index < -0.39 is 0 Å². The Morgan fingerprint density at radius 1 is 1.33 bits per heavy atom. The summed E-state index contributed by atoms with van der Waals surface area (Å²) in [6.45, 7) is 0. The Hall–Kier alpha value is -0.830. The Morgan fingerprint density at radius 2 is 2.17 bits per heavy atom. The highest BCUT2D eigenvalue weighted by Gasteiger charge is 2.35. The maximum Gasteiger partial charge on any atom is 0.141 e. The third-order valence-electron chi connectivity index (χ3n) is 2.85. The van der Waals surface area contributed by atoms with Gasteiger partial charge in [-0.3, -0.25) is 0 Å². The van der Waals surface area contributed by atoms with Gasteiger partial charge in [-0.15, -0.1) is 0 Å². The van der Waals surface area contributed by atoms with Crippen molar-refractivity contribution in [2.75, 3.05) is 0 Å². The van der Waals surface area contributed by atoms with Crippen LogP contribution in [0.25, 0.3) is 0 Å². The minimum absolute atomic E-state index is 0.196. The molecule has 1 saturated carbocycles. The molecule has 3 rings (SSSR count). The lowest BCUT2D eigenvalue weighted by molar-refractivity contribution is 0.378. The fourth-order valence-electron chi connectivity index (χ4n) is 2.00. The van der Waals surface area contributed by atoms with E-state index in [1.54, 1.807) is 0 Å². The molecule has 0 saturated heterocycles. The van der Waals surface area contributed by atoms with Crippen molar-refractivity contribution < 1.29 is 4.52 Å². The highest BCUT2D eigenvalue weighted by atomic mass is 16.5. The van der Waals surface area contributed by atoms with Gasteiger partial charge in [0, 0.05) is 23.9 Å². The summed E-state index contributed by atoms with van der Waals surface area (Å²) < 4.78 is 5.25. The molecule has 2 aliphatic carbocycles. The van der Waals surface area contributed by atoms with E-state index in [4.69, 9.17) is 10.3 Å². The zero-order valence-electron chi connectivity index (χ0n) is 6.92. The van der Waals surface area contributed by atoms with Crippen LogP contribution in [0.4, 0.5) is 0 Å². The lowest BCUT2D eigenvalue weighted by Gasteiger charge is -2.01. The maximum absolute atomic E-state index is 5.96. The first kappa shape index (κ1) is 6.66. The van der Waals surface area contributed by atoms with Crippen LogP contribution in [0, 0.1) is 0 Å². The number of nitrogens with two attached hydrogens (primary N) is 1. The smallest absolute Gasteiger partial charge is 0.141 e. The molecule has 0 aliphatic heterocycles. The summed E-state index contributed by atoms with van der Waals surface area (Å²) in [5.74, 6) is 1.71. The topological polar surface area (TPSA) is 52.0 Å². The van der Waals surface area contributed by atoms with E-state index in [0.717, 1.165) is 24.3 Å². The zero-order chi connectivity index (χ0) is 8.13. The Balaban J connectivity index is 2.09. The molecule has 0 bridgehead atoms. The molecule has 3 nitrogen and oxygen atoms in total. The van der Waals surface area contributed by atoms with Gasteiger partial charge in [-0.05, 0) is 19.3 Å². The lowest BCUT2D eigenvalue weighted by Crippen LogP contribution is -2.07. The molecule has 1 aromatic heterocycles. The predicted octanol–water partition coefficient (Wildman–Crippen LogP) is 1.50. The van der Waals surface area contributed by atoms with E-state index in [1.165, 1.54) is 18.4 Å². The highest BCUT2D eigenvalue weighted by Crippen LogP contribution is 2.45. The molecule has 1 unspecified atom stereocenters. The molecular weight excluding hydrogens is 152 g/mol. The first-order chi connectivity index (χ1) is 5.86. The number of nitrogens with zero attached hydrogens (tertiary/aromatic N) is 1. The van der Waals surface area contributed by atoms with Crippen LogP contribution in [0.2, 0.25) is 0 Å². The van der Waals surface area contributed by atoms with Crippen molar-refractivity contribution in [3.63, 3.8) is 0 Å². The van der Waals surface area contributed by atoms with Gasteiger partial charge < -0.3 is 10.3 Å². The number of aryl methyl sites for hydroxylation is 1. The number of rotatable bonds is 1. The minimum Gasteiger partial charge on any atom is -0.361 e. The zero-order valence-corrected chi connectivity index (χ0v) is 6.92. The first-order valence-electron chi connectivity index (χ1n) is 4.60. The summed E-state index contributed by atoms with van der Waals surface area (Å²) >= 11 is 0. The fourth-order valence-corrected chi connectivity index (χ4v) is 2.00. The van der Waals surface area contributed by atoms with Crippen molar-refractivity contribution in [1.29, 1.82) is 0 Å². The number of hydrogen-bond acceptors (Lipinski definition) is 3. The number of hydrogen-bond donors (Lipinski definition) is 1. The van der Waals surface area contributed by atoms with Gasteiger partial charge in [0.1, 0.15) is 5.76 Å². The van der Waals surface area contributed by atoms with Gasteiger partial charge in [0.2, 0.25) is 0 Å². The van der Waals surface area contributed by atoms with Crippen molar-refractivity contribution in [2.45, 2.75) is 37.6 Å². The van der Waals surface area contributed by atoms with Crippen LogP contribution in [0.15, 0.2) is 4.52 Å². The van der Waals surface area contributed by atoms with Gasteiger partial charge in [0.05, 0.1) is 5.69 Å². The Kier molecular flexibility index (Phi) is 1.17. The summed E-state index contributed by atoms with van der Waals surface area (Å²) in [4.78, 5) is 0. The summed E-state index contributed by atoms with van der Waals surface area (Å²) in [6, 6.07) is 0.196. The molecular formula is C9H12N2O. The van der Waals surface area contributed by atoms with Gasteiger partial charge >= 0.3 is 0 Å². The van der Waals surface area contributed by atoms with Crippen LogP contribution < -0.4 is 5.73 Å². The molecule has 0 aromatic carbocycles. The van der Waals surface area contributed by atoms with Gasteiger partial charge in [0.15, 0.2) is 0 Å². The summed E-state index contributed by atoms with van der Waals surface area (Å²) in [7, 11) is 0. The first-order valence-corrected chi connectivity index (χ1v) is 4.60. The standard InChI is InChI=1S/C9H12N2O/c10-6-3-4-7-8(6)9(11-12-7)5-1-2-5/h5-6H,1-4,10H2. The number of aromatic nitrogens is 1. The van der Waals surface area contributed by atoms with Crippen molar-refractivity contribution in [2.24, 2.45) is 5.73 Å². The second-order valence-electron chi connectivity index (χ2n) is 3.82. The second-order valence-corrected chi connectivity index (χ2v) is 3.82. The minimum atomic E-state index is 0.196. The van der Waals surface area contributed by atoms with E-state index in [0.29, 0.717) is 5.92 Å². The average Bonchev–Trinajstić information content (AvgIpc) is 2.71. The average molecular weight is 164 g/mol. The molecule has 1 heterocycles. The van der Waals surface area contributed by atoms with Crippen LogP contribution in [-0.2, 0) is 6.42 Å². The molecule has 1 aromatic rings. The van der Waals surface area contributed by atoms with Gasteiger partial charge in [0.25, 0.3) is 0 Å². The van der Waals surface area contributed by atoms with Gasteiger partial charge in [-0.1, -0.05) is 5.16 Å². The summed E-state index contributed by atoms with van der Waals surface area (Å²) in [5, 5.41) is 4.10. The van der Waals surface area contributed by atoms with E-state index >= 15 is 0 Å². The van der Waals surface area contributed by atoms with E-state index in [-0.39, 0.29) is 6.04 Å². The van der Waals surface area contributed by atoms with Gasteiger partial charge in [-0.25, -0.2) is 0 Å². The quantitative estimate of drug-likeness (QED) is 0.684. The summed E-state index contributed by atoms with van der Waals surface area (Å²) in [6.07, 6.45) is 4.56. The molecule has 1 fully saturated rings. The normalized spacial score (nSPS) is 27.6. The monoisotopic (exact) mass is 164 g/mol. The lowest BCUT2D eigenvalue weighted by atomic mass is 10.1. The Morgan fingerprint density at radius 3 is 2.92 bits per heavy atom. The van der Waals surface area contributed by atoms with E-state index in [2.05, 4.69) is 5.16 Å². The molecule has 2 N–H and O–H groups in total. The predicted molar refractivity (Wildman–Crippen MR) is 43.7 cm³/mol. The second kappa shape index (κ2) is 2.10. The highest BCUT2D eigenvalue weighted by molar-refractivity contribution is 5.35. The van der Waals surface area contributed by atoms with Crippen LogP contribution >= 0.6 is 0 Å². The van der Waals surface area contributed by atoms with Crippen LogP contribution in [-0.4, -0.2) is 5.16 Å². The molecule has 12 heavy (non-hydrogen) atoms. The Bertz CT molecular complexity index is 314. The van der Waals surface area contributed by atoms with Crippen molar-refractivity contribution >= 4 is 0 Å². The van der Waals surface area contributed by atoms with Crippen LogP contribution in [0.5, 0.6) is 0 Å². The Labute approximate surface area is 70.9 Å². The van der Waals surface area contributed by atoms with Crippen LogP contribution in [0.3, 0.4) is 0 Å². The fraction of sp³-hybridized carbons (Fsp3) is 0.667. The maximum atomic E-state index is 5.96. The summed E-state index contributed by atoms with van der Waals surface area (Å²) in [5.41, 5.74) is 8.35. The number of fused-ring (bicyclic) bond motifs is 1. The molecule has 0 amide bonds. The third-order valence-corrected chi connectivity index (χ3v) is 2.85. The third kappa shape index (κ3) is 0.771. The molecule has 0 radical (unpaired) electrons. The van der Waals surface area contributed by atoms with Gasteiger partial charge in [-0.2, -0.15) is 0 Å². The molecule has 0 spiro atoms. The SMILES string of the molecule is NC1CCc2onc(C3CC3)c21. The van der Waals surface area contributed by atoms with Crippen molar-refractivity contribution in [3.05, 3.63) is 17.0 Å². The molecule has 2 aliphatic rings. The van der Waals surface area contributed by atoms with E-state index in [1.807, 2.05) is 0 Å².